The number of carbonyl (C=O) groups excluding carboxylic acids is 1. The number of nitrogens with zero attached hydrogens (tertiary/aromatic N) is 2. The summed E-state index contributed by atoms with van der Waals surface area (Å²) in [5.74, 6) is 0.146. The van der Waals surface area contributed by atoms with Gasteiger partial charge in [0.05, 0.1) is 23.7 Å². The summed E-state index contributed by atoms with van der Waals surface area (Å²) in [7, 11) is 0. The Morgan fingerprint density at radius 2 is 1.92 bits per heavy atom. The van der Waals surface area contributed by atoms with Crippen LogP contribution in [0.2, 0.25) is 0 Å². The molecule has 0 aliphatic rings. The average molecular weight is 371 g/mol. The van der Waals surface area contributed by atoms with Gasteiger partial charge < -0.3 is 4.90 Å². The van der Waals surface area contributed by atoms with E-state index in [4.69, 9.17) is 0 Å². The molecule has 0 saturated carbocycles. The standard InChI is InChI=1S/C20H22N2OS2/c1-15-8-9-19(25-15)13-22(11-10-17-6-4-3-5-7-17)20(23)12-18-14-24-16(2)21-18/h3-9,14H,10-13H2,1-2H3. The molecule has 2 heterocycles. The van der Waals surface area contributed by atoms with E-state index in [0.717, 1.165) is 23.7 Å². The summed E-state index contributed by atoms with van der Waals surface area (Å²) < 4.78 is 0. The van der Waals surface area contributed by atoms with Gasteiger partial charge in [0.15, 0.2) is 0 Å². The zero-order valence-electron chi connectivity index (χ0n) is 14.6. The first kappa shape index (κ1) is 17.8. The van der Waals surface area contributed by atoms with E-state index in [9.17, 15) is 4.79 Å². The van der Waals surface area contributed by atoms with E-state index in [1.54, 1.807) is 22.7 Å². The number of thiazole rings is 1. The van der Waals surface area contributed by atoms with Crippen molar-refractivity contribution in [1.82, 2.24) is 9.88 Å². The maximum absolute atomic E-state index is 12.8. The van der Waals surface area contributed by atoms with Crippen molar-refractivity contribution in [2.24, 2.45) is 0 Å². The number of benzene rings is 1. The van der Waals surface area contributed by atoms with Crippen LogP contribution in [0.1, 0.15) is 26.0 Å². The number of aryl methyl sites for hydroxylation is 2. The van der Waals surface area contributed by atoms with Crippen LogP contribution in [-0.4, -0.2) is 22.3 Å². The summed E-state index contributed by atoms with van der Waals surface area (Å²) in [5, 5.41) is 2.99. The summed E-state index contributed by atoms with van der Waals surface area (Å²) in [6.07, 6.45) is 1.25. The van der Waals surface area contributed by atoms with Crippen molar-refractivity contribution in [2.45, 2.75) is 33.2 Å². The second-order valence-corrected chi connectivity index (χ2v) is 8.53. The van der Waals surface area contributed by atoms with Gasteiger partial charge in [-0.3, -0.25) is 4.79 Å². The van der Waals surface area contributed by atoms with Crippen LogP contribution in [0.5, 0.6) is 0 Å². The molecule has 0 saturated heterocycles. The highest BCUT2D eigenvalue weighted by molar-refractivity contribution is 7.11. The summed E-state index contributed by atoms with van der Waals surface area (Å²) in [5.41, 5.74) is 2.13. The van der Waals surface area contributed by atoms with Crippen molar-refractivity contribution in [3.63, 3.8) is 0 Å². The Morgan fingerprint density at radius 3 is 2.56 bits per heavy atom. The first-order chi connectivity index (χ1) is 12.1. The molecule has 5 heteroatoms. The van der Waals surface area contributed by atoms with E-state index in [1.165, 1.54) is 15.3 Å². The maximum Gasteiger partial charge on any atom is 0.228 e. The molecular formula is C20H22N2OS2. The third kappa shape index (κ3) is 5.25. The fourth-order valence-corrected chi connectivity index (χ4v) is 4.23. The van der Waals surface area contributed by atoms with Gasteiger partial charge in [0.25, 0.3) is 0 Å². The van der Waals surface area contributed by atoms with Crippen molar-refractivity contribution >= 4 is 28.6 Å². The van der Waals surface area contributed by atoms with Crippen LogP contribution < -0.4 is 0 Å². The van der Waals surface area contributed by atoms with Crippen LogP contribution >= 0.6 is 22.7 Å². The molecule has 0 aliphatic heterocycles. The zero-order chi connectivity index (χ0) is 17.6. The van der Waals surface area contributed by atoms with Crippen LogP contribution in [0.4, 0.5) is 0 Å². The molecule has 0 fully saturated rings. The van der Waals surface area contributed by atoms with Crippen LogP contribution in [0.15, 0.2) is 47.8 Å². The Bertz CT molecular complexity index is 823. The van der Waals surface area contributed by atoms with Gasteiger partial charge in [-0.1, -0.05) is 30.3 Å². The highest BCUT2D eigenvalue weighted by Crippen LogP contribution is 2.18. The van der Waals surface area contributed by atoms with Gasteiger partial charge >= 0.3 is 0 Å². The van der Waals surface area contributed by atoms with Gasteiger partial charge in [-0.15, -0.1) is 22.7 Å². The smallest absolute Gasteiger partial charge is 0.228 e. The minimum absolute atomic E-state index is 0.146. The van der Waals surface area contributed by atoms with Gasteiger partial charge in [-0.2, -0.15) is 0 Å². The van der Waals surface area contributed by atoms with Crippen molar-refractivity contribution in [3.05, 3.63) is 73.9 Å². The Morgan fingerprint density at radius 1 is 1.12 bits per heavy atom. The summed E-state index contributed by atoms with van der Waals surface area (Å²) >= 11 is 3.35. The van der Waals surface area contributed by atoms with E-state index in [1.807, 2.05) is 35.4 Å². The van der Waals surface area contributed by atoms with Crippen LogP contribution in [0.3, 0.4) is 0 Å². The van der Waals surface area contributed by atoms with Gasteiger partial charge in [0, 0.05) is 21.7 Å². The lowest BCUT2D eigenvalue weighted by molar-refractivity contribution is -0.131. The van der Waals surface area contributed by atoms with Gasteiger partial charge in [-0.05, 0) is 38.0 Å². The van der Waals surface area contributed by atoms with Gasteiger partial charge in [-0.25, -0.2) is 4.98 Å². The fourth-order valence-electron chi connectivity index (χ4n) is 2.72. The summed E-state index contributed by atoms with van der Waals surface area (Å²) in [6.45, 7) is 5.47. The normalized spacial score (nSPS) is 10.8. The summed E-state index contributed by atoms with van der Waals surface area (Å²) in [4.78, 5) is 21.8. The van der Waals surface area contributed by atoms with Crippen molar-refractivity contribution in [1.29, 1.82) is 0 Å². The lowest BCUT2D eigenvalue weighted by Crippen LogP contribution is -2.33. The van der Waals surface area contributed by atoms with Gasteiger partial charge in [0.1, 0.15) is 0 Å². The molecule has 0 unspecified atom stereocenters. The Balaban J connectivity index is 1.69. The van der Waals surface area contributed by atoms with Gasteiger partial charge in [0.2, 0.25) is 5.91 Å². The number of rotatable bonds is 7. The molecule has 0 atom stereocenters. The molecule has 1 amide bonds. The number of amides is 1. The van der Waals surface area contributed by atoms with Crippen LogP contribution in [0, 0.1) is 13.8 Å². The molecule has 2 aromatic heterocycles. The minimum atomic E-state index is 0.146. The fraction of sp³-hybridized carbons (Fsp3) is 0.300. The Hall–Kier alpha value is -1.98. The van der Waals surface area contributed by atoms with Crippen LogP contribution in [0.25, 0.3) is 0 Å². The number of carbonyl (C=O) groups is 1. The zero-order valence-corrected chi connectivity index (χ0v) is 16.2. The monoisotopic (exact) mass is 370 g/mol. The Labute approximate surface area is 157 Å². The minimum Gasteiger partial charge on any atom is -0.337 e. The average Bonchev–Trinajstić information content (AvgIpc) is 3.20. The molecule has 3 nitrogen and oxygen atoms in total. The third-order valence-electron chi connectivity index (χ3n) is 4.01. The quantitative estimate of drug-likeness (QED) is 0.607. The predicted molar refractivity (Wildman–Crippen MR) is 105 cm³/mol. The molecule has 3 aromatic rings. The number of hydrogen-bond acceptors (Lipinski definition) is 4. The van der Waals surface area contributed by atoms with E-state index >= 15 is 0 Å². The first-order valence-corrected chi connectivity index (χ1v) is 10.1. The van der Waals surface area contributed by atoms with E-state index in [-0.39, 0.29) is 5.91 Å². The highest BCUT2D eigenvalue weighted by atomic mass is 32.1. The number of thiophene rings is 1. The second-order valence-electron chi connectivity index (χ2n) is 6.10. The molecule has 0 N–H and O–H groups in total. The number of hydrogen-bond donors (Lipinski definition) is 0. The molecule has 0 spiro atoms. The number of aromatic nitrogens is 1. The van der Waals surface area contributed by atoms with Crippen LogP contribution in [-0.2, 0) is 24.2 Å². The molecule has 0 aliphatic carbocycles. The van der Waals surface area contributed by atoms with Crippen molar-refractivity contribution < 1.29 is 4.79 Å². The molecular weight excluding hydrogens is 348 g/mol. The molecule has 0 radical (unpaired) electrons. The highest BCUT2D eigenvalue weighted by Gasteiger charge is 2.17. The second kappa shape index (κ2) is 8.41. The topological polar surface area (TPSA) is 33.2 Å². The van der Waals surface area contributed by atoms with Crippen molar-refractivity contribution in [3.8, 4) is 0 Å². The van der Waals surface area contributed by atoms with E-state index in [2.05, 4.69) is 36.2 Å². The first-order valence-electron chi connectivity index (χ1n) is 8.38. The SMILES string of the molecule is Cc1ccc(CN(CCc2ccccc2)C(=O)Cc2csc(C)n2)s1. The molecule has 25 heavy (non-hydrogen) atoms. The van der Waals surface area contributed by atoms with E-state index in [0.29, 0.717) is 13.0 Å². The molecule has 0 bridgehead atoms. The lowest BCUT2D eigenvalue weighted by Gasteiger charge is -2.22. The maximum atomic E-state index is 12.8. The third-order valence-corrected chi connectivity index (χ3v) is 5.82. The lowest BCUT2D eigenvalue weighted by atomic mass is 10.1. The van der Waals surface area contributed by atoms with Crippen molar-refractivity contribution in [2.75, 3.05) is 6.54 Å². The van der Waals surface area contributed by atoms with E-state index < -0.39 is 0 Å². The molecule has 130 valence electrons. The predicted octanol–water partition coefficient (Wildman–Crippen LogP) is 4.64. The molecule has 1 aromatic carbocycles. The molecule has 3 rings (SSSR count). The Kier molecular flexibility index (Phi) is 6.00. The largest absolute Gasteiger partial charge is 0.337 e. The summed E-state index contributed by atoms with van der Waals surface area (Å²) in [6, 6.07) is 14.6.